The predicted molar refractivity (Wildman–Crippen MR) is 71.1 cm³/mol. The zero-order valence-electron chi connectivity index (χ0n) is 11.4. The topological polar surface area (TPSA) is 35.5 Å². The molecular formula is C14H28N2O. The maximum atomic E-state index is 9.82. The lowest BCUT2D eigenvalue weighted by Gasteiger charge is -2.38. The summed E-state index contributed by atoms with van der Waals surface area (Å²) < 4.78 is 0. The molecule has 17 heavy (non-hydrogen) atoms. The van der Waals surface area contributed by atoms with Gasteiger partial charge >= 0.3 is 0 Å². The fraction of sp³-hybridized carbons (Fsp3) is 1.00. The Morgan fingerprint density at radius 1 is 1.24 bits per heavy atom. The highest BCUT2D eigenvalue weighted by Crippen LogP contribution is 2.40. The minimum Gasteiger partial charge on any atom is -0.394 e. The summed E-state index contributed by atoms with van der Waals surface area (Å²) in [7, 11) is 0. The van der Waals surface area contributed by atoms with Crippen LogP contribution in [0.4, 0.5) is 0 Å². The average Bonchev–Trinajstić information content (AvgIpc) is 3.17. The summed E-state index contributed by atoms with van der Waals surface area (Å²) in [5.74, 6) is 1.63. The molecule has 0 aromatic carbocycles. The molecule has 0 aliphatic heterocycles. The third-order valence-corrected chi connectivity index (χ3v) is 4.34. The first-order valence-electron chi connectivity index (χ1n) is 7.32. The highest BCUT2D eigenvalue weighted by Gasteiger charge is 2.45. The Bertz CT molecular complexity index is 238. The van der Waals surface area contributed by atoms with Crippen LogP contribution in [0.3, 0.4) is 0 Å². The molecule has 3 nitrogen and oxygen atoms in total. The van der Waals surface area contributed by atoms with E-state index in [1.54, 1.807) is 0 Å². The summed E-state index contributed by atoms with van der Waals surface area (Å²) >= 11 is 0. The summed E-state index contributed by atoms with van der Waals surface area (Å²) in [5, 5.41) is 13.4. The van der Waals surface area contributed by atoms with Crippen molar-refractivity contribution in [3.05, 3.63) is 0 Å². The van der Waals surface area contributed by atoms with Crippen LogP contribution < -0.4 is 5.32 Å². The van der Waals surface area contributed by atoms with E-state index >= 15 is 0 Å². The molecule has 2 saturated carbocycles. The molecule has 2 fully saturated rings. The van der Waals surface area contributed by atoms with Gasteiger partial charge < -0.3 is 15.3 Å². The van der Waals surface area contributed by atoms with Crippen LogP contribution in [0.25, 0.3) is 0 Å². The zero-order chi connectivity index (χ0) is 12.3. The van der Waals surface area contributed by atoms with Gasteiger partial charge in [0.15, 0.2) is 0 Å². The van der Waals surface area contributed by atoms with Crippen molar-refractivity contribution in [2.24, 2.45) is 11.8 Å². The third-order valence-electron chi connectivity index (χ3n) is 4.34. The second-order valence-corrected chi connectivity index (χ2v) is 5.89. The van der Waals surface area contributed by atoms with Crippen LogP contribution in [0, 0.1) is 11.8 Å². The summed E-state index contributed by atoms with van der Waals surface area (Å²) in [6, 6.07) is 0. The molecule has 0 heterocycles. The first-order chi connectivity index (χ1) is 8.24. The fourth-order valence-electron chi connectivity index (χ4n) is 2.92. The predicted octanol–water partition coefficient (Wildman–Crippen LogP) is 1.47. The van der Waals surface area contributed by atoms with Crippen LogP contribution in [-0.2, 0) is 0 Å². The lowest BCUT2D eigenvalue weighted by molar-refractivity contribution is 0.0919. The van der Waals surface area contributed by atoms with E-state index < -0.39 is 0 Å². The van der Waals surface area contributed by atoms with Crippen molar-refractivity contribution in [1.29, 1.82) is 0 Å². The molecule has 2 N–H and O–H groups in total. The quantitative estimate of drug-likeness (QED) is 0.640. The van der Waals surface area contributed by atoms with Gasteiger partial charge in [-0.25, -0.2) is 0 Å². The van der Waals surface area contributed by atoms with Gasteiger partial charge in [0.25, 0.3) is 0 Å². The fourth-order valence-corrected chi connectivity index (χ4v) is 2.92. The van der Waals surface area contributed by atoms with Crippen molar-refractivity contribution in [3.8, 4) is 0 Å². The first-order valence-corrected chi connectivity index (χ1v) is 7.32. The van der Waals surface area contributed by atoms with E-state index in [0.29, 0.717) is 5.92 Å². The van der Waals surface area contributed by atoms with Crippen molar-refractivity contribution in [1.82, 2.24) is 10.2 Å². The Labute approximate surface area is 106 Å². The third kappa shape index (κ3) is 3.43. The van der Waals surface area contributed by atoms with Crippen LogP contribution in [0.2, 0.25) is 0 Å². The minimum absolute atomic E-state index is 0.0281. The van der Waals surface area contributed by atoms with Gasteiger partial charge in [-0.2, -0.15) is 0 Å². The lowest BCUT2D eigenvalue weighted by Crippen LogP contribution is -2.58. The van der Waals surface area contributed by atoms with Crippen molar-refractivity contribution < 1.29 is 5.11 Å². The highest BCUT2D eigenvalue weighted by molar-refractivity contribution is 5.03. The molecule has 0 aromatic heterocycles. The second kappa shape index (κ2) is 5.68. The second-order valence-electron chi connectivity index (χ2n) is 5.89. The molecule has 2 aliphatic rings. The summed E-state index contributed by atoms with van der Waals surface area (Å²) in [5.41, 5.74) is -0.0281. The van der Waals surface area contributed by atoms with Crippen LogP contribution >= 0.6 is 0 Å². The zero-order valence-corrected chi connectivity index (χ0v) is 11.4. The number of likely N-dealkylation sites (N-methyl/N-ethyl adjacent to an activating group) is 2. The Morgan fingerprint density at radius 3 is 2.35 bits per heavy atom. The number of hydrogen-bond donors (Lipinski definition) is 2. The van der Waals surface area contributed by atoms with Crippen LogP contribution in [-0.4, -0.2) is 48.3 Å². The van der Waals surface area contributed by atoms with Crippen molar-refractivity contribution in [2.45, 2.75) is 45.1 Å². The molecule has 2 aliphatic carbocycles. The molecule has 0 spiro atoms. The van der Waals surface area contributed by atoms with Gasteiger partial charge in [-0.3, -0.25) is 0 Å². The first kappa shape index (κ1) is 13.3. The lowest BCUT2D eigenvalue weighted by atomic mass is 9.93. The van der Waals surface area contributed by atoms with E-state index in [4.69, 9.17) is 0 Å². The molecule has 100 valence electrons. The van der Waals surface area contributed by atoms with E-state index in [1.807, 2.05) is 0 Å². The summed E-state index contributed by atoms with van der Waals surface area (Å²) in [6.45, 7) is 8.99. The number of rotatable bonds is 9. The van der Waals surface area contributed by atoms with Gasteiger partial charge in [0.1, 0.15) is 0 Å². The van der Waals surface area contributed by atoms with E-state index in [9.17, 15) is 5.11 Å². The molecule has 3 heteroatoms. The van der Waals surface area contributed by atoms with Crippen molar-refractivity contribution >= 4 is 0 Å². The van der Waals surface area contributed by atoms with Gasteiger partial charge in [-0.1, -0.05) is 13.8 Å². The van der Waals surface area contributed by atoms with Crippen LogP contribution in [0.1, 0.15) is 39.5 Å². The molecule has 1 unspecified atom stereocenters. The van der Waals surface area contributed by atoms with Gasteiger partial charge in [0.2, 0.25) is 0 Å². The molecule has 1 atom stereocenters. The molecular weight excluding hydrogens is 212 g/mol. The Morgan fingerprint density at radius 2 is 1.94 bits per heavy atom. The maximum Gasteiger partial charge on any atom is 0.0628 e. The van der Waals surface area contributed by atoms with Crippen molar-refractivity contribution in [2.75, 3.05) is 32.8 Å². The van der Waals surface area contributed by atoms with Gasteiger partial charge in [-0.15, -0.1) is 0 Å². The molecule has 0 aromatic rings. The monoisotopic (exact) mass is 240 g/mol. The SMILES string of the molecule is CCNC(CO)(CN(CC)CC1CC1)C1CC1. The number of aliphatic hydroxyl groups excluding tert-OH is 1. The van der Waals surface area contributed by atoms with Gasteiger partial charge in [-0.05, 0) is 50.6 Å². The van der Waals surface area contributed by atoms with E-state index in [-0.39, 0.29) is 12.1 Å². The van der Waals surface area contributed by atoms with Gasteiger partial charge in [0, 0.05) is 13.1 Å². The minimum atomic E-state index is -0.0281. The normalized spacial score (nSPS) is 24.0. The Hall–Kier alpha value is -0.120. The van der Waals surface area contributed by atoms with Crippen LogP contribution in [0.15, 0.2) is 0 Å². The molecule has 0 amide bonds. The van der Waals surface area contributed by atoms with Gasteiger partial charge in [0.05, 0.1) is 12.1 Å². The summed E-state index contributed by atoms with van der Waals surface area (Å²) in [6.07, 6.45) is 5.39. The smallest absolute Gasteiger partial charge is 0.0628 e. The van der Waals surface area contributed by atoms with Crippen molar-refractivity contribution in [3.63, 3.8) is 0 Å². The number of nitrogens with zero attached hydrogens (tertiary/aromatic N) is 1. The average molecular weight is 240 g/mol. The highest BCUT2D eigenvalue weighted by atomic mass is 16.3. The molecule has 0 saturated heterocycles. The number of aliphatic hydroxyl groups is 1. The molecule has 0 radical (unpaired) electrons. The Kier molecular flexibility index (Phi) is 4.45. The van der Waals surface area contributed by atoms with E-state index in [1.165, 1.54) is 32.2 Å². The largest absolute Gasteiger partial charge is 0.394 e. The maximum absolute atomic E-state index is 9.82. The van der Waals surface area contributed by atoms with Crippen LogP contribution in [0.5, 0.6) is 0 Å². The summed E-state index contributed by atoms with van der Waals surface area (Å²) in [4.78, 5) is 2.54. The number of hydrogen-bond acceptors (Lipinski definition) is 3. The van der Waals surface area contributed by atoms with E-state index in [2.05, 4.69) is 24.1 Å². The molecule has 0 bridgehead atoms. The van der Waals surface area contributed by atoms with E-state index in [0.717, 1.165) is 25.6 Å². The Balaban J connectivity index is 1.93. The molecule has 2 rings (SSSR count). The standard InChI is InChI=1S/C14H28N2O/c1-3-15-14(11-17,13-7-8-13)10-16(4-2)9-12-5-6-12/h12-13,15,17H,3-11H2,1-2H3. The number of nitrogens with one attached hydrogen (secondary N) is 1.